The molecule has 0 amide bonds. The Morgan fingerprint density at radius 3 is 2.70 bits per heavy atom. The normalized spacial score (nSPS) is 11.9. The summed E-state index contributed by atoms with van der Waals surface area (Å²) in [5.41, 5.74) is 3.12. The summed E-state index contributed by atoms with van der Waals surface area (Å²) in [7, 11) is -3.53. The van der Waals surface area contributed by atoms with Crippen LogP contribution in [0, 0.1) is 13.8 Å². The van der Waals surface area contributed by atoms with Crippen LogP contribution >= 0.6 is 0 Å². The number of oxazole rings is 1. The lowest BCUT2D eigenvalue weighted by atomic mass is 10.2. The highest BCUT2D eigenvalue weighted by molar-refractivity contribution is 7.89. The summed E-state index contributed by atoms with van der Waals surface area (Å²) in [6, 6.07) is 12.8. The van der Waals surface area contributed by atoms with E-state index in [1.807, 2.05) is 43.3 Å². The first-order valence-corrected chi connectivity index (χ1v) is 8.85. The van der Waals surface area contributed by atoms with E-state index in [1.165, 1.54) is 0 Å². The number of aromatic nitrogens is 1. The molecule has 0 saturated carbocycles. The second-order valence-electron chi connectivity index (χ2n) is 5.49. The standard InChI is InChI=1S/C17H18N2O3S/c1-12-7-8-13(2)16(11-12)23(20,21)18-10-9-17-19-14-5-3-4-6-15(14)22-17/h3-8,11,18H,9-10H2,1-2H3. The lowest BCUT2D eigenvalue weighted by Gasteiger charge is -2.09. The zero-order valence-corrected chi connectivity index (χ0v) is 13.9. The van der Waals surface area contributed by atoms with Crippen molar-refractivity contribution in [3.05, 3.63) is 59.5 Å². The Balaban J connectivity index is 1.71. The van der Waals surface area contributed by atoms with Gasteiger partial charge in [-0.05, 0) is 43.2 Å². The summed E-state index contributed by atoms with van der Waals surface area (Å²) in [6.45, 7) is 3.90. The van der Waals surface area contributed by atoms with Crippen molar-refractivity contribution >= 4 is 21.1 Å². The Hall–Kier alpha value is -2.18. The van der Waals surface area contributed by atoms with Crippen molar-refractivity contribution in [3.63, 3.8) is 0 Å². The van der Waals surface area contributed by atoms with Gasteiger partial charge in [-0.2, -0.15) is 0 Å². The SMILES string of the molecule is Cc1ccc(C)c(S(=O)(=O)NCCc2nc3ccccc3o2)c1. The van der Waals surface area contributed by atoms with Crippen molar-refractivity contribution in [1.29, 1.82) is 0 Å². The van der Waals surface area contributed by atoms with Crippen LogP contribution in [0.3, 0.4) is 0 Å². The Morgan fingerprint density at radius 1 is 1.13 bits per heavy atom. The lowest BCUT2D eigenvalue weighted by Crippen LogP contribution is -2.26. The molecule has 0 bridgehead atoms. The zero-order valence-electron chi connectivity index (χ0n) is 13.0. The van der Waals surface area contributed by atoms with Gasteiger partial charge in [-0.3, -0.25) is 0 Å². The maximum atomic E-state index is 12.4. The lowest BCUT2D eigenvalue weighted by molar-refractivity contribution is 0.523. The van der Waals surface area contributed by atoms with E-state index in [-0.39, 0.29) is 6.54 Å². The minimum absolute atomic E-state index is 0.239. The van der Waals surface area contributed by atoms with E-state index in [1.54, 1.807) is 13.0 Å². The molecule has 0 atom stereocenters. The van der Waals surface area contributed by atoms with Crippen LogP contribution < -0.4 is 4.72 Å². The van der Waals surface area contributed by atoms with Crippen LogP contribution in [-0.2, 0) is 16.4 Å². The summed E-state index contributed by atoms with van der Waals surface area (Å²) in [5, 5.41) is 0. The molecule has 3 rings (SSSR count). The second kappa shape index (κ2) is 6.14. The molecule has 0 spiro atoms. The molecule has 0 radical (unpaired) electrons. The van der Waals surface area contributed by atoms with Crippen molar-refractivity contribution < 1.29 is 12.8 Å². The molecule has 1 heterocycles. The molecular weight excluding hydrogens is 312 g/mol. The van der Waals surface area contributed by atoms with E-state index in [0.717, 1.165) is 16.6 Å². The monoisotopic (exact) mass is 330 g/mol. The predicted octanol–water partition coefficient (Wildman–Crippen LogP) is 2.97. The first kappa shape index (κ1) is 15.7. The number of para-hydroxylation sites is 2. The van der Waals surface area contributed by atoms with Crippen LogP contribution in [0.1, 0.15) is 17.0 Å². The predicted molar refractivity (Wildman–Crippen MR) is 88.8 cm³/mol. The summed E-state index contributed by atoms with van der Waals surface area (Å²) < 4.78 is 33.0. The third kappa shape index (κ3) is 3.43. The summed E-state index contributed by atoms with van der Waals surface area (Å²) in [5.74, 6) is 0.523. The van der Waals surface area contributed by atoms with E-state index in [4.69, 9.17) is 4.42 Å². The molecule has 0 saturated heterocycles. The van der Waals surface area contributed by atoms with E-state index < -0.39 is 10.0 Å². The average Bonchev–Trinajstić information content (AvgIpc) is 2.92. The third-order valence-electron chi connectivity index (χ3n) is 3.60. The van der Waals surface area contributed by atoms with Crippen LogP contribution in [0.4, 0.5) is 0 Å². The molecule has 1 aromatic heterocycles. The largest absolute Gasteiger partial charge is 0.441 e. The van der Waals surface area contributed by atoms with E-state index in [9.17, 15) is 8.42 Å². The van der Waals surface area contributed by atoms with Crippen molar-refractivity contribution in [2.24, 2.45) is 0 Å². The van der Waals surface area contributed by atoms with Crippen molar-refractivity contribution in [3.8, 4) is 0 Å². The molecule has 6 heteroatoms. The van der Waals surface area contributed by atoms with Gasteiger partial charge in [0.05, 0.1) is 4.90 Å². The Morgan fingerprint density at radius 2 is 1.91 bits per heavy atom. The summed E-state index contributed by atoms with van der Waals surface area (Å²) >= 11 is 0. The van der Waals surface area contributed by atoms with Crippen LogP contribution in [0.5, 0.6) is 0 Å². The van der Waals surface area contributed by atoms with Crippen LogP contribution in [0.2, 0.25) is 0 Å². The smallest absolute Gasteiger partial charge is 0.240 e. The molecular formula is C17H18N2O3S. The molecule has 120 valence electrons. The van der Waals surface area contributed by atoms with E-state index >= 15 is 0 Å². The first-order valence-electron chi connectivity index (χ1n) is 7.37. The molecule has 0 aliphatic heterocycles. The molecule has 0 unspecified atom stereocenters. The number of hydrogen-bond donors (Lipinski definition) is 1. The Bertz CT molecular complexity index is 912. The molecule has 23 heavy (non-hydrogen) atoms. The molecule has 0 aliphatic carbocycles. The molecule has 0 aliphatic rings. The van der Waals surface area contributed by atoms with Gasteiger partial charge in [0, 0.05) is 13.0 Å². The van der Waals surface area contributed by atoms with Gasteiger partial charge in [-0.15, -0.1) is 0 Å². The topological polar surface area (TPSA) is 72.2 Å². The molecule has 5 nitrogen and oxygen atoms in total. The third-order valence-corrected chi connectivity index (χ3v) is 5.21. The number of fused-ring (bicyclic) bond motifs is 1. The van der Waals surface area contributed by atoms with Crippen molar-refractivity contribution in [2.45, 2.75) is 25.2 Å². The average molecular weight is 330 g/mol. The van der Waals surface area contributed by atoms with Gasteiger partial charge in [0.2, 0.25) is 10.0 Å². The summed E-state index contributed by atoms with van der Waals surface area (Å²) in [6.07, 6.45) is 0.402. The van der Waals surface area contributed by atoms with E-state index in [2.05, 4.69) is 9.71 Å². The van der Waals surface area contributed by atoms with E-state index in [0.29, 0.717) is 22.8 Å². The minimum Gasteiger partial charge on any atom is -0.441 e. The number of nitrogens with one attached hydrogen (secondary N) is 1. The fourth-order valence-electron chi connectivity index (χ4n) is 2.39. The zero-order chi connectivity index (χ0) is 16.4. The minimum atomic E-state index is -3.53. The van der Waals surface area contributed by atoms with Crippen LogP contribution in [0.25, 0.3) is 11.1 Å². The highest BCUT2D eigenvalue weighted by Crippen LogP contribution is 2.17. The first-order chi connectivity index (χ1) is 11.0. The number of aryl methyl sites for hydroxylation is 2. The second-order valence-corrected chi connectivity index (χ2v) is 7.23. The number of benzene rings is 2. The molecule has 2 aromatic carbocycles. The molecule has 1 N–H and O–H groups in total. The highest BCUT2D eigenvalue weighted by atomic mass is 32.2. The van der Waals surface area contributed by atoms with Crippen molar-refractivity contribution in [2.75, 3.05) is 6.54 Å². The number of hydrogen-bond acceptors (Lipinski definition) is 4. The van der Waals surface area contributed by atoms with Gasteiger partial charge in [-0.25, -0.2) is 18.1 Å². The van der Waals surface area contributed by atoms with Gasteiger partial charge >= 0.3 is 0 Å². The fraction of sp³-hybridized carbons (Fsp3) is 0.235. The van der Waals surface area contributed by atoms with Crippen LogP contribution in [0.15, 0.2) is 51.8 Å². The quantitative estimate of drug-likeness (QED) is 0.780. The van der Waals surface area contributed by atoms with Gasteiger partial charge in [0.1, 0.15) is 5.52 Å². The highest BCUT2D eigenvalue weighted by Gasteiger charge is 2.17. The fourth-order valence-corrected chi connectivity index (χ4v) is 3.75. The Kier molecular flexibility index (Phi) is 4.19. The number of sulfonamides is 1. The number of nitrogens with zero attached hydrogens (tertiary/aromatic N) is 1. The van der Waals surface area contributed by atoms with Gasteiger partial charge < -0.3 is 4.42 Å². The van der Waals surface area contributed by atoms with Gasteiger partial charge in [0.25, 0.3) is 0 Å². The summed E-state index contributed by atoms with van der Waals surface area (Å²) in [4.78, 5) is 4.65. The maximum absolute atomic E-state index is 12.4. The molecule has 0 fully saturated rings. The Labute approximate surface area is 135 Å². The van der Waals surface area contributed by atoms with Crippen molar-refractivity contribution in [1.82, 2.24) is 9.71 Å². The maximum Gasteiger partial charge on any atom is 0.240 e. The molecule has 3 aromatic rings. The van der Waals surface area contributed by atoms with Crippen LogP contribution in [-0.4, -0.2) is 19.9 Å². The van der Waals surface area contributed by atoms with Gasteiger partial charge in [-0.1, -0.05) is 24.3 Å². The number of rotatable bonds is 5. The van der Waals surface area contributed by atoms with Gasteiger partial charge in [0.15, 0.2) is 11.5 Å².